The summed E-state index contributed by atoms with van der Waals surface area (Å²) in [5, 5.41) is 4.40. The average Bonchev–Trinajstić information content (AvgIpc) is 3.64. The molecule has 4 rings (SSSR count). The van der Waals surface area contributed by atoms with Gasteiger partial charge in [0.2, 0.25) is 15.0 Å². The van der Waals surface area contributed by atoms with E-state index in [9.17, 15) is 8.42 Å². The predicted molar refractivity (Wildman–Crippen MR) is 131 cm³/mol. The van der Waals surface area contributed by atoms with E-state index in [2.05, 4.69) is 29.0 Å². The number of hydrogen-bond acceptors (Lipinski definition) is 4. The van der Waals surface area contributed by atoms with Crippen molar-refractivity contribution >= 4 is 27.2 Å². The molecule has 0 bridgehead atoms. The summed E-state index contributed by atoms with van der Waals surface area (Å²) in [6, 6.07) is 8.13. The van der Waals surface area contributed by atoms with Crippen LogP contribution in [0.3, 0.4) is 0 Å². The van der Waals surface area contributed by atoms with Crippen LogP contribution in [0.2, 0.25) is 0 Å². The number of aryl methyl sites for hydroxylation is 1. The molecule has 2 aliphatic carbocycles. The lowest BCUT2D eigenvalue weighted by Crippen LogP contribution is -2.41. The van der Waals surface area contributed by atoms with Gasteiger partial charge >= 0.3 is 0 Å². The third kappa shape index (κ3) is 5.90. The van der Waals surface area contributed by atoms with Gasteiger partial charge in [0.05, 0.1) is 24.2 Å². The van der Waals surface area contributed by atoms with Crippen molar-refractivity contribution in [1.29, 1.82) is 0 Å². The molecule has 32 heavy (non-hydrogen) atoms. The number of nitrogens with one attached hydrogen (secondary N) is 1. The maximum absolute atomic E-state index is 13.4. The highest BCUT2D eigenvalue weighted by Gasteiger charge is 2.30. The second-order valence-corrected chi connectivity index (χ2v) is 12.0. The van der Waals surface area contributed by atoms with E-state index < -0.39 is 9.84 Å². The zero-order valence-corrected chi connectivity index (χ0v) is 20.9. The molecular formula is C24H34N4O2S2. The molecule has 8 heteroatoms. The lowest BCUT2D eigenvalue weighted by molar-refractivity contribution is 0.364. The molecular weight excluding hydrogens is 440 g/mol. The van der Waals surface area contributed by atoms with Crippen molar-refractivity contribution in [3.8, 4) is 0 Å². The second kappa shape index (κ2) is 9.51. The van der Waals surface area contributed by atoms with Gasteiger partial charge in [-0.15, -0.1) is 0 Å². The van der Waals surface area contributed by atoms with Gasteiger partial charge in [0.1, 0.15) is 0 Å². The maximum Gasteiger partial charge on any atom is 0.228 e. The molecule has 2 aliphatic rings. The molecule has 2 saturated carbocycles. The predicted octanol–water partition coefficient (Wildman–Crippen LogP) is 4.07. The van der Waals surface area contributed by atoms with Gasteiger partial charge in [-0.3, -0.25) is 0 Å². The third-order valence-corrected chi connectivity index (χ3v) is 8.00. The molecule has 1 N–H and O–H groups in total. The van der Waals surface area contributed by atoms with Crippen LogP contribution in [0.1, 0.15) is 56.4 Å². The summed E-state index contributed by atoms with van der Waals surface area (Å²) in [6.07, 6.45) is 6.55. The Hall–Kier alpha value is -1.93. The van der Waals surface area contributed by atoms with Crippen LogP contribution < -0.4 is 5.32 Å². The molecule has 2 aromatic rings. The number of rotatable bonds is 10. The highest BCUT2D eigenvalue weighted by atomic mass is 32.2. The molecule has 0 spiro atoms. The fourth-order valence-electron chi connectivity index (χ4n) is 3.89. The van der Waals surface area contributed by atoms with E-state index in [0.717, 1.165) is 28.5 Å². The van der Waals surface area contributed by atoms with E-state index in [-0.39, 0.29) is 10.9 Å². The average molecular weight is 475 g/mol. The Kier molecular flexibility index (Phi) is 6.91. The topological polar surface area (TPSA) is 67.2 Å². The molecule has 1 heterocycles. The van der Waals surface area contributed by atoms with Gasteiger partial charge in [-0.25, -0.2) is 13.4 Å². The summed E-state index contributed by atoms with van der Waals surface area (Å²) in [7, 11) is -3.58. The van der Waals surface area contributed by atoms with Crippen LogP contribution >= 0.6 is 12.2 Å². The fourth-order valence-corrected chi connectivity index (χ4v) is 5.80. The monoisotopic (exact) mass is 474 g/mol. The van der Waals surface area contributed by atoms with E-state index >= 15 is 0 Å². The van der Waals surface area contributed by atoms with Crippen LogP contribution in [0.15, 0.2) is 35.6 Å². The Bertz CT molecular complexity index is 1070. The first-order valence-electron chi connectivity index (χ1n) is 11.6. The van der Waals surface area contributed by atoms with Crippen molar-refractivity contribution in [1.82, 2.24) is 19.8 Å². The highest BCUT2D eigenvalue weighted by molar-refractivity contribution is 7.90. The molecule has 6 nitrogen and oxygen atoms in total. The first-order valence-corrected chi connectivity index (χ1v) is 13.7. The maximum atomic E-state index is 13.4. The van der Waals surface area contributed by atoms with Crippen molar-refractivity contribution in [2.24, 2.45) is 11.8 Å². The van der Waals surface area contributed by atoms with Gasteiger partial charge in [0.15, 0.2) is 5.11 Å². The Labute approximate surface area is 197 Å². The number of nitrogens with zero attached hydrogens (tertiary/aromatic N) is 3. The van der Waals surface area contributed by atoms with E-state index in [1.165, 1.54) is 25.7 Å². The Morgan fingerprint density at radius 1 is 1.25 bits per heavy atom. The molecule has 1 aromatic heterocycles. The minimum atomic E-state index is -3.58. The molecule has 0 saturated heterocycles. The first-order chi connectivity index (χ1) is 15.2. The van der Waals surface area contributed by atoms with E-state index in [1.54, 1.807) is 6.20 Å². The van der Waals surface area contributed by atoms with Crippen LogP contribution in [-0.2, 0) is 28.7 Å². The second-order valence-electron chi connectivity index (χ2n) is 9.77. The molecule has 0 aliphatic heterocycles. The Balaban J connectivity index is 1.60. The summed E-state index contributed by atoms with van der Waals surface area (Å²) in [5.41, 5.74) is 2.70. The largest absolute Gasteiger partial charge is 0.360 e. The number of aromatic nitrogens is 2. The normalized spacial score (nSPS) is 16.4. The van der Waals surface area contributed by atoms with Crippen LogP contribution in [-0.4, -0.2) is 40.6 Å². The molecule has 2 fully saturated rings. The molecule has 1 aromatic carbocycles. The van der Waals surface area contributed by atoms with E-state index in [0.29, 0.717) is 31.0 Å². The molecule has 0 unspecified atom stereocenters. The van der Waals surface area contributed by atoms with Gasteiger partial charge in [0.25, 0.3) is 0 Å². The molecule has 0 atom stereocenters. The zero-order chi connectivity index (χ0) is 22.9. The summed E-state index contributed by atoms with van der Waals surface area (Å²) in [4.78, 5) is 6.64. The van der Waals surface area contributed by atoms with Crippen molar-refractivity contribution in [3.05, 3.63) is 47.3 Å². The van der Waals surface area contributed by atoms with E-state index in [4.69, 9.17) is 12.2 Å². The van der Waals surface area contributed by atoms with Gasteiger partial charge in [-0.2, -0.15) is 0 Å². The number of hydrogen-bond donors (Lipinski definition) is 1. The fraction of sp³-hybridized carbons (Fsp3) is 0.583. The van der Waals surface area contributed by atoms with Gasteiger partial charge < -0.3 is 14.8 Å². The van der Waals surface area contributed by atoms with Crippen LogP contribution in [0.5, 0.6) is 0 Å². The summed E-state index contributed by atoms with van der Waals surface area (Å²) in [5.74, 6) is 0.935. The van der Waals surface area contributed by atoms with Gasteiger partial charge in [-0.1, -0.05) is 38.1 Å². The molecule has 0 amide bonds. The summed E-state index contributed by atoms with van der Waals surface area (Å²) in [6.45, 7) is 8.25. The minimum absolute atomic E-state index is 0.0400. The zero-order valence-electron chi connectivity index (χ0n) is 19.3. The van der Waals surface area contributed by atoms with Crippen LogP contribution in [0, 0.1) is 18.8 Å². The third-order valence-electron chi connectivity index (χ3n) is 6.05. The quantitative estimate of drug-likeness (QED) is 0.524. The van der Waals surface area contributed by atoms with Crippen LogP contribution in [0.25, 0.3) is 0 Å². The number of thiocarbonyl (C=S) groups is 1. The van der Waals surface area contributed by atoms with E-state index in [1.807, 2.05) is 35.8 Å². The van der Waals surface area contributed by atoms with Crippen LogP contribution in [0.4, 0.5) is 0 Å². The highest BCUT2D eigenvalue weighted by Crippen LogP contribution is 2.31. The smallest absolute Gasteiger partial charge is 0.228 e. The summed E-state index contributed by atoms with van der Waals surface area (Å²) < 4.78 is 28.7. The number of sulfone groups is 1. The standard InChI is InChI=1S/C24H34N4O2S2/c1-17(2)13-28-22(15-27(14-19-8-9-19)23(31)26-21-10-11-21)12-25-24(28)32(29,30)16-20-7-5-4-6-18(20)3/h4-7,12,17,19,21H,8-11,13-16H2,1-3H3,(H,26,31). The number of imidazole rings is 1. The van der Waals surface area contributed by atoms with Crippen molar-refractivity contribution in [3.63, 3.8) is 0 Å². The lowest BCUT2D eigenvalue weighted by atomic mass is 10.1. The molecule has 0 radical (unpaired) electrons. The van der Waals surface area contributed by atoms with Gasteiger partial charge in [0, 0.05) is 19.1 Å². The number of benzene rings is 1. The summed E-state index contributed by atoms with van der Waals surface area (Å²) >= 11 is 5.72. The Morgan fingerprint density at radius 3 is 2.59 bits per heavy atom. The minimum Gasteiger partial charge on any atom is -0.360 e. The van der Waals surface area contributed by atoms with Crippen molar-refractivity contribution in [2.75, 3.05) is 6.54 Å². The Morgan fingerprint density at radius 2 is 1.97 bits per heavy atom. The molecule has 174 valence electrons. The SMILES string of the molecule is Cc1ccccc1CS(=O)(=O)c1ncc(CN(CC2CC2)C(=S)NC2CC2)n1CC(C)C. The first kappa shape index (κ1) is 23.2. The van der Waals surface area contributed by atoms with Crippen molar-refractivity contribution in [2.45, 2.75) is 76.5 Å². The lowest BCUT2D eigenvalue weighted by Gasteiger charge is -2.27. The van der Waals surface area contributed by atoms with Gasteiger partial charge in [-0.05, 0) is 67.8 Å². The van der Waals surface area contributed by atoms with Crippen molar-refractivity contribution < 1.29 is 8.42 Å².